The van der Waals surface area contributed by atoms with Crippen LogP contribution in [0, 0.1) is 0 Å². The summed E-state index contributed by atoms with van der Waals surface area (Å²) in [5, 5.41) is 2.74. The fourth-order valence-corrected chi connectivity index (χ4v) is 1.08. The number of methoxy groups -OCH3 is 1. The Morgan fingerprint density at radius 1 is 1.44 bits per heavy atom. The molecule has 1 rings (SSSR count). The number of nitrogens with one attached hydrogen (secondary N) is 1. The number of halogens is 1. The number of rotatable bonds is 4. The van der Waals surface area contributed by atoms with Gasteiger partial charge >= 0.3 is 0 Å². The van der Waals surface area contributed by atoms with Crippen LogP contribution < -0.4 is 11.1 Å². The minimum atomic E-state index is -0.445. The van der Waals surface area contributed by atoms with Gasteiger partial charge in [-0.15, -0.1) is 12.4 Å². The van der Waals surface area contributed by atoms with E-state index in [9.17, 15) is 4.79 Å². The van der Waals surface area contributed by atoms with Gasteiger partial charge in [-0.25, -0.2) is 0 Å². The van der Waals surface area contributed by atoms with Gasteiger partial charge in [-0.1, -0.05) is 12.1 Å². The Hall–Kier alpha value is -1.10. The lowest BCUT2D eigenvalue weighted by Gasteiger charge is -2.10. The normalized spacial score (nSPS) is 11.4. The number of hydrogen-bond donors (Lipinski definition) is 2. The van der Waals surface area contributed by atoms with E-state index in [0.717, 1.165) is 11.3 Å². The van der Waals surface area contributed by atoms with Crippen molar-refractivity contribution in [2.75, 3.05) is 12.4 Å². The van der Waals surface area contributed by atoms with E-state index < -0.39 is 6.10 Å². The average Bonchev–Trinajstić information content (AvgIpc) is 2.29. The van der Waals surface area contributed by atoms with Crippen molar-refractivity contribution in [3.8, 4) is 0 Å². The molecule has 0 fully saturated rings. The van der Waals surface area contributed by atoms with Gasteiger partial charge in [-0.2, -0.15) is 0 Å². The summed E-state index contributed by atoms with van der Waals surface area (Å²) in [7, 11) is 1.50. The summed E-state index contributed by atoms with van der Waals surface area (Å²) < 4.78 is 4.90. The van der Waals surface area contributed by atoms with Gasteiger partial charge in [0.1, 0.15) is 6.10 Å². The number of ether oxygens (including phenoxy) is 1. The monoisotopic (exact) mass is 244 g/mol. The molecule has 0 heterocycles. The zero-order valence-corrected chi connectivity index (χ0v) is 10.2. The van der Waals surface area contributed by atoms with Crippen molar-refractivity contribution < 1.29 is 9.53 Å². The average molecular weight is 245 g/mol. The number of carbonyl (C=O) groups is 1. The second-order valence-electron chi connectivity index (χ2n) is 3.27. The Morgan fingerprint density at radius 2 is 2.00 bits per heavy atom. The van der Waals surface area contributed by atoms with E-state index in [4.69, 9.17) is 10.5 Å². The Kier molecular flexibility index (Phi) is 6.72. The molecule has 0 radical (unpaired) electrons. The highest BCUT2D eigenvalue weighted by Gasteiger charge is 2.10. The molecule has 90 valence electrons. The van der Waals surface area contributed by atoms with Gasteiger partial charge in [0, 0.05) is 19.3 Å². The van der Waals surface area contributed by atoms with Crippen LogP contribution in [0.15, 0.2) is 24.3 Å². The Labute approximate surface area is 102 Å². The summed E-state index contributed by atoms with van der Waals surface area (Å²) in [6.45, 7) is 2.20. The lowest BCUT2D eigenvalue weighted by atomic mass is 10.2. The molecule has 1 atom stereocenters. The van der Waals surface area contributed by atoms with E-state index in [1.165, 1.54) is 7.11 Å². The van der Waals surface area contributed by atoms with Crippen LogP contribution in [0.25, 0.3) is 0 Å². The Bertz CT molecular complexity index is 327. The first kappa shape index (κ1) is 14.9. The molecule has 5 heteroatoms. The molecule has 16 heavy (non-hydrogen) atoms. The lowest BCUT2D eigenvalue weighted by molar-refractivity contribution is -0.124. The van der Waals surface area contributed by atoms with Crippen molar-refractivity contribution in [2.45, 2.75) is 19.6 Å². The maximum atomic E-state index is 11.4. The molecule has 1 aromatic carbocycles. The first-order valence-electron chi connectivity index (χ1n) is 4.80. The number of hydrogen-bond acceptors (Lipinski definition) is 3. The zero-order valence-electron chi connectivity index (χ0n) is 9.40. The minimum Gasteiger partial charge on any atom is -0.372 e. The third-order valence-corrected chi connectivity index (χ3v) is 2.18. The van der Waals surface area contributed by atoms with Crippen molar-refractivity contribution >= 4 is 24.0 Å². The van der Waals surface area contributed by atoms with E-state index in [0.29, 0.717) is 6.54 Å². The topological polar surface area (TPSA) is 64.3 Å². The first-order chi connectivity index (χ1) is 7.17. The molecule has 4 nitrogen and oxygen atoms in total. The molecular formula is C11H17ClN2O2. The largest absolute Gasteiger partial charge is 0.372 e. The van der Waals surface area contributed by atoms with Crippen LogP contribution >= 0.6 is 12.4 Å². The van der Waals surface area contributed by atoms with Crippen molar-refractivity contribution in [1.82, 2.24) is 0 Å². The summed E-state index contributed by atoms with van der Waals surface area (Å²) in [4.78, 5) is 11.4. The fraction of sp³-hybridized carbons (Fsp3) is 0.364. The number of benzene rings is 1. The number of amides is 1. The molecular weight excluding hydrogens is 228 g/mol. The molecule has 0 aliphatic rings. The van der Waals surface area contributed by atoms with Gasteiger partial charge in [0.2, 0.25) is 0 Å². The van der Waals surface area contributed by atoms with E-state index in [2.05, 4.69) is 5.32 Å². The van der Waals surface area contributed by atoms with Crippen LogP contribution in [0.2, 0.25) is 0 Å². The highest BCUT2D eigenvalue weighted by atomic mass is 35.5. The third kappa shape index (κ3) is 4.18. The van der Waals surface area contributed by atoms with Gasteiger partial charge < -0.3 is 15.8 Å². The fourth-order valence-electron chi connectivity index (χ4n) is 1.08. The summed E-state index contributed by atoms with van der Waals surface area (Å²) in [5.41, 5.74) is 7.25. The van der Waals surface area contributed by atoms with Crippen molar-refractivity contribution in [3.63, 3.8) is 0 Å². The molecule has 0 aliphatic heterocycles. The smallest absolute Gasteiger partial charge is 0.253 e. The highest BCUT2D eigenvalue weighted by Crippen LogP contribution is 2.09. The number of carbonyl (C=O) groups excluding carboxylic acids is 1. The predicted molar refractivity (Wildman–Crippen MR) is 66.7 cm³/mol. The van der Waals surface area contributed by atoms with Crippen LogP contribution in [0.1, 0.15) is 12.5 Å². The third-order valence-electron chi connectivity index (χ3n) is 2.18. The van der Waals surface area contributed by atoms with Gasteiger partial charge in [0.05, 0.1) is 0 Å². The van der Waals surface area contributed by atoms with Crippen molar-refractivity contribution in [3.05, 3.63) is 29.8 Å². The Morgan fingerprint density at radius 3 is 2.44 bits per heavy atom. The van der Waals surface area contributed by atoms with Gasteiger partial charge in [-0.3, -0.25) is 4.79 Å². The van der Waals surface area contributed by atoms with Crippen LogP contribution in [-0.4, -0.2) is 19.1 Å². The lowest BCUT2D eigenvalue weighted by Crippen LogP contribution is -2.26. The molecule has 0 spiro atoms. The van der Waals surface area contributed by atoms with E-state index in [1.54, 1.807) is 6.92 Å². The molecule has 1 aromatic rings. The summed E-state index contributed by atoms with van der Waals surface area (Å²) >= 11 is 0. The minimum absolute atomic E-state index is 0. The number of nitrogens with two attached hydrogens (primary N) is 1. The second kappa shape index (κ2) is 7.22. The molecule has 1 unspecified atom stereocenters. The van der Waals surface area contributed by atoms with Crippen molar-refractivity contribution in [1.29, 1.82) is 0 Å². The van der Waals surface area contributed by atoms with Crippen LogP contribution in [0.3, 0.4) is 0 Å². The van der Waals surface area contributed by atoms with Gasteiger partial charge in [0.15, 0.2) is 0 Å². The quantitative estimate of drug-likeness (QED) is 0.845. The van der Waals surface area contributed by atoms with Gasteiger partial charge in [-0.05, 0) is 24.6 Å². The zero-order chi connectivity index (χ0) is 11.3. The molecule has 0 saturated heterocycles. The molecule has 0 saturated carbocycles. The number of anilines is 1. The van der Waals surface area contributed by atoms with Crippen LogP contribution in [0.5, 0.6) is 0 Å². The maximum absolute atomic E-state index is 11.4. The molecule has 1 amide bonds. The highest BCUT2D eigenvalue weighted by molar-refractivity contribution is 5.93. The molecule has 0 bridgehead atoms. The van der Waals surface area contributed by atoms with Crippen molar-refractivity contribution in [2.24, 2.45) is 5.73 Å². The summed E-state index contributed by atoms with van der Waals surface area (Å²) in [6, 6.07) is 7.41. The summed E-state index contributed by atoms with van der Waals surface area (Å²) in [6.07, 6.45) is -0.445. The molecule has 3 N–H and O–H groups in total. The van der Waals surface area contributed by atoms with Gasteiger partial charge in [0.25, 0.3) is 5.91 Å². The molecule has 0 aliphatic carbocycles. The Balaban J connectivity index is 0.00000225. The first-order valence-corrected chi connectivity index (χ1v) is 4.80. The van der Waals surface area contributed by atoms with Crippen LogP contribution in [-0.2, 0) is 16.1 Å². The second-order valence-corrected chi connectivity index (χ2v) is 3.27. The maximum Gasteiger partial charge on any atom is 0.253 e. The standard InChI is InChI=1S/C11H16N2O2.ClH/c1-8(15-2)11(14)13-10-5-3-9(7-12)4-6-10;/h3-6,8H,7,12H2,1-2H3,(H,13,14);1H. The molecule has 0 aromatic heterocycles. The summed E-state index contributed by atoms with van der Waals surface area (Å²) in [5.74, 6) is -0.155. The van der Waals surface area contributed by atoms with E-state index in [-0.39, 0.29) is 18.3 Å². The van der Waals surface area contributed by atoms with E-state index in [1.807, 2.05) is 24.3 Å². The predicted octanol–water partition coefficient (Wildman–Crippen LogP) is 1.54. The van der Waals surface area contributed by atoms with E-state index >= 15 is 0 Å². The van der Waals surface area contributed by atoms with Crippen LogP contribution in [0.4, 0.5) is 5.69 Å². The SMILES string of the molecule is COC(C)C(=O)Nc1ccc(CN)cc1.Cl.